The molecule has 2 heterocycles. The van der Waals surface area contributed by atoms with Gasteiger partial charge in [0.2, 0.25) is 15.8 Å². The van der Waals surface area contributed by atoms with E-state index in [1.54, 1.807) is 24.3 Å². The summed E-state index contributed by atoms with van der Waals surface area (Å²) >= 11 is 1.11. The number of rotatable bonds is 7. The van der Waals surface area contributed by atoms with Gasteiger partial charge in [-0.15, -0.1) is 0 Å². The summed E-state index contributed by atoms with van der Waals surface area (Å²) in [4.78, 5) is 31.5. The average molecular weight is 546 g/mol. The zero-order valence-electron chi connectivity index (χ0n) is 20.8. The lowest BCUT2D eigenvalue weighted by molar-refractivity contribution is 0.102. The second-order valence-electron chi connectivity index (χ2n) is 9.20. The quantitative estimate of drug-likeness (QED) is 0.294. The molecule has 5 rings (SSSR count). The molecule has 0 spiro atoms. The van der Waals surface area contributed by atoms with Gasteiger partial charge in [0.1, 0.15) is 4.88 Å². The lowest BCUT2D eigenvalue weighted by Crippen LogP contribution is -2.41. The number of hydrogen-bond acceptors (Lipinski definition) is 6. The Morgan fingerprint density at radius 3 is 2.21 bits per heavy atom. The van der Waals surface area contributed by atoms with Gasteiger partial charge in [-0.3, -0.25) is 14.9 Å². The second-order valence-corrected chi connectivity index (χ2v) is 12.1. The van der Waals surface area contributed by atoms with Crippen molar-refractivity contribution < 1.29 is 18.0 Å². The van der Waals surface area contributed by atoms with Crippen LogP contribution in [0.2, 0.25) is 0 Å². The van der Waals surface area contributed by atoms with Gasteiger partial charge in [0.05, 0.1) is 10.6 Å². The highest BCUT2D eigenvalue weighted by Gasteiger charge is 2.31. The van der Waals surface area contributed by atoms with Crippen LogP contribution in [0.3, 0.4) is 0 Å². The summed E-state index contributed by atoms with van der Waals surface area (Å²) in [6.45, 7) is 2.43. The third-order valence-corrected chi connectivity index (χ3v) is 9.60. The van der Waals surface area contributed by atoms with Crippen LogP contribution < -0.4 is 5.32 Å². The molecule has 1 fully saturated rings. The predicted octanol–water partition coefficient (Wildman–Crippen LogP) is 5.86. The molecular weight excluding hydrogens is 518 g/mol. The number of aromatic nitrogens is 1. The first-order chi connectivity index (χ1) is 18.3. The molecule has 1 unspecified atom stereocenters. The minimum Gasteiger partial charge on any atom is -0.298 e. The molecule has 1 aliphatic rings. The van der Waals surface area contributed by atoms with Crippen LogP contribution in [0.5, 0.6) is 0 Å². The molecule has 9 heteroatoms. The van der Waals surface area contributed by atoms with Crippen LogP contribution in [-0.2, 0) is 10.0 Å². The van der Waals surface area contributed by atoms with E-state index in [0.29, 0.717) is 28.2 Å². The third-order valence-electron chi connectivity index (χ3n) is 6.60. The molecule has 38 heavy (non-hydrogen) atoms. The van der Waals surface area contributed by atoms with E-state index in [-0.39, 0.29) is 21.9 Å². The SMILES string of the molecule is CC1CCCCN1S(=O)(=O)c1ccc(C(=O)Nc2nc(-c3ccccc3)c(C(=O)c3ccccc3)s2)cc1. The summed E-state index contributed by atoms with van der Waals surface area (Å²) in [5.41, 5.74) is 2.09. The number of hydrogen-bond donors (Lipinski definition) is 1. The van der Waals surface area contributed by atoms with Crippen molar-refractivity contribution in [3.63, 3.8) is 0 Å². The smallest absolute Gasteiger partial charge is 0.257 e. The van der Waals surface area contributed by atoms with Crippen molar-refractivity contribution in [2.75, 3.05) is 11.9 Å². The molecule has 1 atom stereocenters. The highest BCUT2D eigenvalue weighted by molar-refractivity contribution is 7.89. The van der Waals surface area contributed by atoms with Gasteiger partial charge in [0.15, 0.2) is 5.13 Å². The Balaban J connectivity index is 1.39. The maximum Gasteiger partial charge on any atom is 0.257 e. The molecule has 0 bridgehead atoms. The molecule has 1 N–H and O–H groups in total. The number of carbonyl (C=O) groups excluding carboxylic acids is 2. The molecule has 0 radical (unpaired) electrons. The van der Waals surface area contributed by atoms with E-state index in [0.717, 1.165) is 36.2 Å². The maximum absolute atomic E-state index is 13.3. The van der Waals surface area contributed by atoms with Gasteiger partial charge >= 0.3 is 0 Å². The summed E-state index contributed by atoms with van der Waals surface area (Å²) in [6, 6.07) is 24.2. The summed E-state index contributed by atoms with van der Waals surface area (Å²) < 4.78 is 27.8. The predicted molar refractivity (Wildman–Crippen MR) is 149 cm³/mol. The minimum atomic E-state index is -3.63. The molecule has 0 saturated carbocycles. The van der Waals surface area contributed by atoms with Crippen LogP contribution in [0.4, 0.5) is 5.13 Å². The molecule has 3 aromatic carbocycles. The van der Waals surface area contributed by atoms with Crippen molar-refractivity contribution in [1.82, 2.24) is 9.29 Å². The first-order valence-electron chi connectivity index (χ1n) is 12.4. The van der Waals surface area contributed by atoms with E-state index < -0.39 is 15.9 Å². The molecule has 1 aliphatic heterocycles. The first-order valence-corrected chi connectivity index (χ1v) is 14.7. The van der Waals surface area contributed by atoms with Crippen LogP contribution in [0.1, 0.15) is 51.8 Å². The molecule has 194 valence electrons. The topological polar surface area (TPSA) is 96.4 Å². The fourth-order valence-corrected chi connectivity index (χ4v) is 7.20. The monoisotopic (exact) mass is 545 g/mol. The van der Waals surface area contributed by atoms with Crippen LogP contribution in [0.25, 0.3) is 11.3 Å². The number of ketones is 1. The molecular formula is C29H27N3O4S2. The molecule has 1 amide bonds. The molecule has 0 aliphatic carbocycles. The number of anilines is 1. The maximum atomic E-state index is 13.3. The molecule has 1 aromatic heterocycles. The number of benzene rings is 3. The van der Waals surface area contributed by atoms with Gasteiger partial charge in [-0.1, -0.05) is 78.4 Å². The van der Waals surface area contributed by atoms with Gasteiger partial charge in [0.25, 0.3) is 5.91 Å². The number of amides is 1. The van der Waals surface area contributed by atoms with E-state index in [1.165, 1.54) is 28.6 Å². The number of nitrogens with zero attached hydrogens (tertiary/aromatic N) is 2. The summed E-state index contributed by atoms with van der Waals surface area (Å²) in [5.74, 6) is -0.615. The molecule has 4 aromatic rings. The van der Waals surface area contributed by atoms with E-state index >= 15 is 0 Å². The lowest BCUT2D eigenvalue weighted by atomic mass is 10.1. The van der Waals surface area contributed by atoms with Crippen LogP contribution in [0.15, 0.2) is 89.8 Å². The number of carbonyl (C=O) groups is 2. The normalized spacial score (nSPS) is 16.2. The van der Waals surface area contributed by atoms with Gasteiger partial charge in [-0.05, 0) is 44.0 Å². The van der Waals surface area contributed by atoms with Crippen molar-refractivity contribution in [2.45, 2.75) is 37.1 Å². The van der Waals surface area contributed by atoms with Crippen LogP contribution >= 0.6 is 11.3 Å². The highest BCUT2D eigenvalue weighted by Crippen LogP contribution is 2.33. The minimum absolute atomic E-state index is 0.0479. The van der Waals surface area contributed by atoms with Gasteiger partial charge in [-0.2, -0.15) is 4.31 Å². The fourth-order valence-electron chi connectivity index (χ4n) is 4.55. The van der Waals surface area contributed by atoms with Crippen LogP contribution in [0, 0.1) is 0 Å². The Morgan fingerprint density at radius 1 is 0.895 bits per heavy atom. The van der Waals surface area contributed by atoms with E-state index in [9.17, 15) is 18.0 Å². The van der Waals surface area contributed by atoms with E-state index in [2.05, 4.69) is 10.3 Å². The standard InChI is InChI=1S/C29H27N3O4S2/c1-20-10-8-9-19-32(20)38(35,36)24-17-15-23(16-18-24)28(34)31-29-30-25(21-11-4-2-5-12-21)27(37-29)26(33)22-13-6-3-7-14-22/h2-7,11-18,20H,8-10,19H2,1H3,(H,30,31,34). The number of nitrogens with one attached hydrogen (secondary N) is 1. The Kier molecular flexibility index (Phi) is 7.51. The van der Waals surface area contributed by atoms with Crippen molar-refractivity contribution in [1.29, 1.82) is 0 Å². The Morgan fingerprint density at radius 2 is 1.55 bits per heavy atom. The number of sulfonamides is 1. The zero-order valence-corrected chi connectivity index (χ0v) is 22.5. The average Bonchev–Trinajstić information content (AvgIpc) is 3.37. The summed E-state index contributed by atoms with van der Waals surface area (Å²) in [6.07, 6.45) is 2.71. The van der Waals surface area contributed by atoms with E-state index in [4.69, 9.17) is 0 Å². The van der Waals surface area contributed by atoms with Crippen molar-refractivity contribution in [2.24, 2.45) is 0 Å². The largest absolute Gasteiger partial charge is 0.298 e. The molecule has 1 saturated heterocycles. The Bertz CT molecular complexity index is 1550. The summed E-state index contributed by atoms with van der Waals surface area (Å²) in [7, 11) is -3.63. The lowest BCUT2D eigenvalue weighted by Gasteiger charge is -2.32. The van der Waals surface area contributed by atoms with Gasteiger partial charge in [0, 0.05) is 29.3 Å². The Labute approximate surface area is 226 Å². The first kappa shape index (κ1) is 26.0. The highest BCUT2D eigenvalue weighted by atomic mass is 32.2. The molecule has 7 nitrogen and oxygen atoms in total. The number of piperidine rings is 1. The van der Waals surface area contributed by atoms with Crippen molar-refractivity contribution in [3.8, 4) is 11.3 Å². The number of thiazole rings is 1. The van der Waals surface area contributed by atoms with Crippen molar-refractivity contribution in [3.05, 3.63) is 101 Å². The Hall–Kier alpha value is -3.66. The van der Waals surface area contributed by atoms with Gasteiger partial charge in [-0.25, -0.2) is 13.4 Å². The van der Waals surface area contributed by atoms with E-state index in [1.807, 2.05) is 43.3 Å². The van der Waals surface area contributed by atoms with Gasteiger partial charge < -0.3 is 0 Å². The fraction of sp³-hybridized carbons (Fsp3) is 0.207. The van der Waals surface area contributed by atoms with Crippen LogP contribution in [-0.4, -0.2) is 42.0 Å². The third kappa shape index (κ3) is 5.31. The second kappa shape index (κ2) is 11.0. The zero-order chi connectivity index (χ0) is 26.7. The summed E-state index contributed by atoms with van der Waals surface area (Å²) in [5, 5.41) is 3.06. The van der Waals surface area contributed by atoms with Crippen molar-refractivity contribution >= 4 is 38.2 Å².